The van der Waals surface area contributed by atoms with Crippen LogP contribution in [-0.4, -0.2) is 53.6 Å². The third-order valence-corrected chi connectivity index (χ3v) is 6.73. The average molecular weight is 435 g/mol. The molecule has 1 aromatic heterocycles. The molecule has 30 heavy (non-hydrogen) atoms. The molecule has 1 aromatic carbocycles. The molecule has 2 heterocycles. The van der Waals surface area contributed by atoms with Crippen LogP contribution in [0.1, 0.15) is 50.0 Å². The van der Waals surface area contributed by atoms with Crippen molar-refractivity contribution in [2.24, 2.45) is 0 Å². The summed E-state index contributed by atoms with van der Waals surface area (Å²) in [5, 5.41) is 6.82. The van der Waals surface area contributed by atoms with Crippen molar-refractivity contribution in [2.75, 3.05) is 18.4 Å². The van der Waals surface area contributed by atoms with Crippen molar-refractivity contribution >= 4 is 27.7 Å². The topological polar surface area (TPSA) is 111 Å². The number of ether oxygens (including phenoxy) is 1. The van der Waals surface area contributed by atoms with Crippen LogP contribution < -0.4 is 5.32 Å². The molecule has 1 aliphatic heterocycles. The van der Waals surface area contributed by atoms with Crippen LogP contribution in [0.2, 0.25) is 0 Å². The van der Waals surface area contributed by atoms with Crippen molar-refractivity contribution in [3.05, 3.63) is 42.1 Å². The Bertz CT molecular complexity index is 1030. The summed E-state index contributed by atoms with van der Waals surface area (Å²) in [6, 6.07) is 7.39. The Kier molecular flexibility index (Phi) is 6.57. The predicted octanol–water partition coefficient (Wildman–Crippen LogP) is 2.43. The highest BCUT2D eigenvalue weighted by molar-refractivity contribution is 7.89. The lowest BCUT2D eigenvalue weighted by Crippen LogP contribution is -2.31. The van der Waals surface area contributed by atoms with Gasteiger partial charge in [-0.05, 0) is 51.8 Å². The van der Waals surface area contributed by atoms with Crippen LogP contribution in [0.3, 0.4) is 0 Å². The zero-order chi connectivity index (χ0) is 21.9. The lowest BCUT2D eigenvalue weighted by Gasteiger charge is -2.17. The van der Waals surface area contributed by atoms with Gasteiger partial charge >= 0.3 is 5.97 Å². The molecular formula is C20H26N4O5S. The molecule has 1 aliphatic rings. The number of nitrogens with zero attached hydrogens (tertiary/aromatic N) is 3. The fourth-order valence-electron chi connectivity index (χ4n) is 3.20. The van der Waals surface area contributed by atoms with E-state index >= 15 is 0 Å². The van der Waals surface area contributed by atoms with E-state index in [0.717, 1.165) is 12.8 Å². The Hall–Kier alpha value is -2.72. The number of nitrogens with one attached hydrogen (secondary N) is 1. The second kappa shape index (κ2) is 8.97. The van der Waals surface area contributed by atoms with Crippen molar-refractivity contribution in [3.8, 4) is 0 Å². The first-order chi connectivity index (χ1) is 14.2. The van der Waals surface area contributed by atoms with Crippen molar-refractivity contribution in [2.45, 2.75) is 50.7 Å². The Morgan fingerprint density at radius 3 is 2.50 bits per heavy atom. The van der Waals surface area contributed by atoms with Gasteiger partial charge in [0.05, 0.1) is 16.7 Å². The SMILES string of the molecule is CC(OC(=O)c1cccc(S(=O)(=O)N2CCCC2)c1)C(=O)Nc1ccnn1C(C)C. The molecule has 0 bridgehead atoms. The van der Waals surface area contributed by atoms with E-state index in [1.165, 1.54) is 35.5 Å². The van der Waals surface area contributed by atoms with Gasteiger partial charge < -0.3 is 10.1 Å². The summed E-state index contributed by atoms with van der Waals surface area (Å²) in [5.41, 5.74) is 0.0714. The average Bonchev–Trinajstić information content (AvgIpc) is 3.40. The Balaban J connectivity index is 1.68. The molecule has 0 radical (unpaired) electrons. The van der Waals surface area contributed by atoms with E-state index in [-0.39, 0.29) is 16.5 Å². The second-order valence-electron chi connectivity index (χ2n) is 7.43. The summed E-state index contributed by atoms with van der Waals surface area (Å²) in [4.78, 5) is 25.0. The van der Waals surface area contributed by atoms with Gasteiger partial charge in [0.15, 0.2) is 6.10 Å². The molecule has 1 fully saturated rings. The van der Waals surface area contributed by atoms with Gasteiger partial charge in [-0.15, -0.1) is 0 Å². The minimum atomic E-state index is -3.65. The van der Waals surface area contributed by atoms with Gasteiger partial charge in [-0.25, -0.2) is 17.9 Å². The number of carbonyl (C=O) groups excluding carboxylic acids is 2. The van der Waals surface area contributed by atoms with E-state index in [4.69, 9.17) is 4.74 Å². The molecule has 0 saturated carbocycles. The van der Waals surface area contributed by atoms with Crippen LogP contribution in [0.25, 0.3) is 0 Å². The van der Waals surface area contributed by atoms with E-state index in [9.17, 15) is 18.0 Å². The van der Waals surface area contributed by atoms with Crippen LogP contribution in [0, 0.1) is 0 Å². The molecule has 2 aromatic rings. The Morgan fingerprint density at radius 1 is 1.13 bits per heavy atom. The van der Waals surface area contributed by atoms with E-state index in [1.54, 1.807) is 16.9 Å². The molecule has 0 aliphatic carbocycles. The second-order valence-corrected chi connectivity index (χ2v) is 9.37. The van der Waals surface area contributed by atoms with Crippen LogP contribution in [0.4, 0.5) is 5.82 Å². The highest BCUT2D eigenvalue weighted by Crippen LogP contribution is 2.22. The molecule has 0 spiro atoms. The highest BCUT2D eigenvalue weighted by Gasteiger charge is 2.28. The van der Waals surface area contributed by atoms with Gasteiger partial charge in [0, 0.05) is 25.2 Å². The number of rotatable bonds is 7. The number of carbonyl (C=O) groups is 2. The number of esters is 1. The van der Waals surface area contributed by atoms with E-state index in [2.05, 4.69) is 10.4 Å². The van der Waals surface area contributed by atoms with Gasteiger partial charge in [-0.3, -0.25) is 4.79 Å². The molecule has 9 nitrogen and oxygen atoms in total. The fraction of sp³-hybridized carbons (Fsp3) is 0.450. The normalized spacial score (nSPS) is 15.9. The largest absolute Gasteiger partial charge is 0.449 e. The number of hydrogen-bond donors (Lipinski definition) is 1. The van der Waals surface area contributed by atoms with Crippen molar-refractivity contribution in [3.63, 3.8) is 0 Å². The minimum absolute atomic E-state index is 0.0387. The van der Waals surface area contributed by atoms with Crippen LogP contribution in [-0.2, 0) is 19.6 Å². The lowest BCUT2D eigenvalue weighted by molar-refractivity contribution is -0.123. The van der Waals surface area contributed by atoms with E-state index < -0.39 is 28.0 Å². The third kappa shape index (κ3) is 4.71. The Labute approximate surface area is 176 Å². The number of anilines is 1. The van der Waals surface area contributed by atoms with Crippen LogP contribution >= 0.6 is 0 Å². The highest BCUT2D eigenvalue weighted by atomic mass is 32.2. The molecular weight excluding hydrogens is 408 g/mol. The predicted molar refractivity (Wildman–Crippen MR) is 111 cm³/mol. The monoisotopic (exact) mass is 434 g/mol. The summed E-state index contributed by atoms with van der Waals surface area (Å²) < 4.78 is 33.7. The quantitative estimate of drug-likeness (QED) is 0.670. The molecule has 1 atom stereocenters. The maximum atomic E-state index is 12.7. The van der Waals surface area contributed by atoms with Gasteiger partial charge in [0.2, 0.25) is 10.0 Å². The van der Waals surface area contributed by atoms with Gasteiger partial charge in [-0.1, -0.05) is 6.07 Å². The van der Waals surface area contributed by atoms with Crippen molar-refractivity contribution in [1.29, 1.82) is 0 Å². The number of aromatic nitrogens is 2. The summed E-state index contributed by atoms with van der Waals surface area (Å²) in [6.07, 6.45) is 2.14. The number of hydrogen-bond acceptors (Lipinski definition) is 6. The number of amides is 1. The zero-order valence-corrected chi connectivity index (χ0v) is 18.1. The maximum absolute atomic E-state index is 12.7. The van der Waals surface area contributed by atoms with Crippen LogP contribution in [0.15, 0.2) is 41.4 Å². The molecule has 10 heteroatoms. The van der Waals surface area contributed by atoms with E-state index in [1.807, 2.05) is 13.8 Å². The molecule has 3 rings (SSSR count). The van der Waals surface area contributed by atoms with Crippen molar-refractivity contribution in [1.82, 2.24) is 14.1 Å². The van der Waals surface area contributed by atoms with E-state index in [0.29, 0.717) is 18.9 Å². The van der Waals surface area contributed by atoms with Gasteiger partial charge in [0.25, 0.3) is 5.91 Å². The first-order valence-electron chi connectivity index (χ1n) is 9.85. The summed E-state index contributed by atoms with van der Waals surface area (Å²) in [6.45, 7) is 6.25. The van der Waals surface area contributed by atoms with Gasteiger partial charge in [-0.2, -0.15) is 9.40 Å². The smallest absolute Gasteiger partial charge is 0.338 e. The molecule has 1 saturated heterocycles. The van der Waals surface area contributed by atoms with Gasteiger partial charge in [0.1, 0.15) is 5.82 Å². The van der Waals surface area contributed by atoms with Crippen molar-refractivity contribution < 1.29 is 22.7 Å². The number of benzene rings is 1. The molecule has 1 N–H and O–H groups in total. The fourth-order valence-corrected chi connectivity index (χ4v) is 4.76. The molecule has 162 valence electrons. The molecule has 1 amide bonds. The van der Waals surface area contributed by atoms with Crippen LogP contribution in [0.5, 0.6) is 0 Å². The first-order valence-corrected chi connectivity index (χ1v) is 11.3. The summed E-state index contributed by atoms with van der Waals surface area (Å²) in [7, 11) is -3.65. The number of sulfonamides is 1. The maximum Gasteiger partial charge on any atom is 0.338 e. The first kappa shape index (κ1) is 22.0. The minimum Gasteiger partial charge on any atom is -0.449 e. The Morgan fingerprint density at radius 2 is 1.83 bits per heavy atom. The summed E-state index contributed by atoms with van der Waals surface area (Å²) in [5.74, 6) is -0.781. The standard InChI is InChI=1S/C20H26N4O5S/c1-14(2)24-18(9-10-21-24)22-19(25)15(3)29-20(26)16-7-6-8-17(13-16)30(27,28)23-11-4-5-12-23/h6-10,13-15H,4-5,11-12H2,1-3H3,(H,22,25). The third-order valence-electron chi connectivity index (χ3n) is 4.84. The lowest BCUT2D eigenvalue weighted by atomic mass is 10.2. The zero-order valence-electron chi connectivity index (χ0n) is 17.2. The summed E-state index contributed by atoms with van der Waals surface area (Å²) >= 11 is 0. The molecule has 1 unspecified atom stereocenters.